The van der Waals surface area contributed by atoms with Crippen LogP contribution in [-0.2, 0) is 22.5 Å². The molecule has 5 rings (SSSR count). The van der Waals surface area contributed by atoms with E-state index in [9.17, 15) is 4.79 Å². The quantitative estimate of drug-likeness (QED) is 0.837. The number of hydrogen-bond acceptors (Lipinski definition) is 4. The first kappa shape index (κ1) is 17.9. The molecule has 2 aromatic rings. The molecule has 1 amide bonds. The van der Waals surface area contributed by atoms with Crippen LogP contribution in [0.1, 0.15) is 55.8 Å². The minimum absolute atomic E-state index is 0.0271. The summed E-state index contributed by atoms with van der Waals surface area (Å²) < 4.78 is 6.62. The standard InChI is InChI=1S/C22H28N4O2/c1-2-3-9-20-23-13-17(24-20)14-25-11-10-22-19(25)12-21(27)26(22)15-18(28-22)16-7-5-4-6-8-16/h4-8,13,18-19H,2-3,9-12,14-15H2,1H3,(H,23,24)/t18-,19-,22+/m1/s1. The van der Waals surface area contributed by atoms with Gasteiger partial charge in [0, 0.05) is 44.2 Å². The van der Waals surface area contributed by atoms with Crippen molar-refractivity contribution < 1.29 is 9.53 Å². The van der Waals surface area contributed by atoms with E-state index in [1.165, 1.54) is 6.42 Å². The summed E-state index contributed by atoms with van der Waals surface area (Å²) in [6.45, 7) is 4.60. The fourth-order valence-corrected chi connectivity index (χ4v) is 5.12. The van der Waals surface area contributed by atoms with Gasteiger partial charge in [0.05, 0.1) is 12.6 Å². The first-order valence-corrected chi connectivity index (χ1v) is 10.5. The highest BCUT2D eigenvalue weighted by Crippen LogP contribution is 2.50. The molecule has 1 aromatic carbocycles. The van der Waals surface area contributed by atoms with Gasteiger partial charge < -0.3 is 14.6 Å². The molecule has 3 aliphatic heterocycles. The number of nitrogens with zero attached hydrogens (tertiary/aromatic N) is 3. The van der Waals surface area contributed by atoms with E-state index in [-0.39, 0.29) is 18.1 Å². The van der Waals surface area contributed by atoms with Gasteiger partial charge in [0.25, 0.3) is 0 Å². The van der Waals surface area contributed by atoms with Crippen LogP contribution in [0.15, 0.2) is 36.5 Å². The highest BCUT2D eigenvalue weighted by atomic mass is 16.5. The van der Waals surface area contributed by atoms with Gasteiger partial charge in [0.1, 0.15) is 11.9 Å². The SMILES string of the molecule is CCCCc1ncc(CN2CC[C@@]34O[C@@H](c5ccccc5)CN3C(=O)C[C@@H]24)[nH]1. The van der Waals surface area contributed by atoms with Crippen molar-refractivity contribution in [3.63, 3.8) is 0 Å². The van der Waals surface area contributed by atoms with Crippen LogP contribution in [0.2, 0.25) is 0 Å². The molecule has 4 heterocycles. The molecule has 3 saturated heterocycles. The van der Waals surface area contributed by atoms with Crippen molar-refractivity contribution in [3.8, 4) is 0 Å². The molecular formula is C22H28N4O2. The van der Waals surface area contributed by atoms with E-state index < -0.39 is 5.72 Å². The van der Waals surface area contributed by atoms with Crippen LogP contribution in [0.5, 0.6) is 0 Å². The van der Waals surface area contributed by atoms with Crippen LogP contribution < -0.4 is 0 Å². The van der Waals surface area contributed by atoms with Crippen molar-refractivity contribution >= 4 is 5.91 Å². The van der Waals surface area contributed by atoms with Gasteiger partial charge in [-0.3, -0.25) is 9.69 Å². The van der Waals surface area contributed by atoms with Crippen LogP contribution in [-0.4, -0.2) is 50.5 Å². The monoisotopic (exact) mass is 380 g/mol. The third kappa shape index (κ3) is 2.86. The van der Waals surface area contributed by atoms with Gasteiger partial charge >= 0.3 is 0 Å². The molecule has 0 bridgehead atoms. The summed E-state index contributed by atoms with van der Waals surface area (Å²) in [6, 6.07) is 10.4. The molecule has 3 fully saturated rings. The van der Waals surface area contributed by atoms with Gasteiger partial charge in [0.2, 0.25) is 5.91 Å². The van der Waals surface area contributed by atoms with E-state index in [1.807, 2.05) is 29.3 Å². The number of likely N-dealkylation sites (tertiary alicyclic amines) is 1. The summed E-state index contributed by atoms with van der Waals surface area (Å²) >= 11 is 0. The number of unbranched alkanes of at least 4 members (excludes halogenated alkanes) is 1. The first-order chi connectivity index (χ1) is 13.7. The molecular weight excluding hydrogens is 352 g/mol. The number of carbonyl (C=O) groups excluding carboxylic acids is 1. The average molecular weight is 380 g/mol. The van der Waals surface area contributed by atoms with Gasteiger partial charge in [-0.2, -0.15) is 0 Å². The molecule has 0 radical (unpaired) electrons. The number of carbonyl (C=O) groups is 1. The minimum atomic E-state index is -0.456. The average Bonchev–Trinajstić information content (AvgIpc) is 3.45. The summed E-state index contributed by atoms with van der Waals surface area (Å²) in [4.78, 5) is 25.2. The molecule has 0 unspecified atom stereocenters. The van der Waals surface area contributed by atoms with Gasteiger partial charge in [-0.05, 0) is 12.0 Å². The van der Waals surface area contributed by atoms with E-state index in [0.717, 1.165) is 49.4 Å². The van der Waals surface area contributed by atoms with Gasteiger partial charge in [-0.15, -0.1) is 0 Å². The first-order valence-electron chi connectivity index (χ1n) is 10.5. The number of amides is 1. The van der Waals surface area contributed by atoms with Gasteiger partial charge in [-0.25, -0.2) is 4.98 Å². The third-order valence-electron chi connectivity index (χ3n) is 6.53. The molecule has 3 atom stereocenters. The zero-order chi connectivity index (χ0) is 19.1. The predicted octanol–water partition coefficient (Wildman–Crippen LogP) is 3.03. The Balaban J connectivity index is 1.32. The minimum Gasteiger partial charge on any atom is -0.345 e. The van der Waals surface area contributed by atoms with Crippen molar-refractivity contribution in [2.75, 3.05) is 13.1 Å². The highest BCUT2D eigenvalue weighted by molar-refractivity contribution is 5.81. The Bertz CT molecular complexity index is 851. The Morgan fingerprint density at radius 1 is 1.32 bits per heavy atom. The normalized spacial score (nSPS) is 29.5. The highest BCUT2D eigenvalue weighted by Gasteiger charge is 2.63. The number of aromatic nitrogens is 2. The predicted molar refractivity (Wildman–Crippen MR) is 105 cm³/mol. The molecule has 3 aliphatic rings. The Labute approximate surface area is 165 Å². The lowest BCUT2D eigenvalue weighted by Crippen LogP contribution is -2.47. The molecule has 28 heavy (non-hydrogen) atoms. The van der Waals surface area contributed by atoms with Crippen molar-refractivity contribution in [1.82, 2.24) is 19.8 Å². The molecule has 0 aliphatic carbocycles. The van der Waals surface area contributed by atoms with Crippen LogP contribution in [0, 0.1) is 0 Å². The topological polar surface area (TPSA) is 61.5 Å². The number of H-pyrrole nitrogens is 1. The van der Waals surface area contributed by atoms with E-state index in [4.69, 9.17) is 4.74 Å². The number of ether oxygens (including phenoxy) is 1. The van der Waals surface area contributed by atoms with Crippen molar-refractivity contribution in [2.45, 2.75) is 63.4 Å². The second kappa shape index (κ2) is 7.01. The number of rotatable bonds is 6. The molecule has 0 saturated carbocycles. The Morgan fingerprint density at radius 2 is 2.18 bits per heavy atom. The Morgan fingerprint density at radius 3 is 3.00 bits per heavy atom. The number of aryl methyl sites for hydroxylation is 1. The van der Waals surface area contributed by atoms with E-state index in [2.05, 4.69) is 33.9 Å². The summed E-state index contributed by atoms with van der Waals surface area (Å²) in [6.07, 6.45) is 6.68. The van der Waals surface area contributed by atoms with Crippen LogP contribution in [0.4, 0.5) is 0 Å². The largest absolute Gasteiger partial charge is 0.345 e. The molecule has 1 aromatic heterocycles. The second-order valence-corrected chi connectivity index (χ2v) is 8.27. The zero-order valence-electron chi connectivity index (χ0n) is 16.4. The number of benzene rings is 1. The van der Waals surface area contributed by atoms with Crippen LogP contribution >= 0.6 is 0 Å². The zero-order valence-corrected chi connectivity index (χ0v) is 16.4. The molecule has 6 heteroatoms. The van der Waals surface area contributed by atoms with Crippen LogP contribution in [0.3, 0.4) is 0 Å². The second-order valence-electron chi connectivity index (χ2n) is 8.27. The van der Waals surface area contributed by atoms with Crippen molar-refractivity contribution in [1.29, 1.82) is 0 Å². The van der Waals surface area contributed by atoms with Gasteiger partial charge in [-0.1, -0.05) is 43.7 Å². The van der Waals surface area contributed by atoms with E-state index >= 15 is 0 Å². The number of aromatic amines is 1. The fourth-order valence-electron chi connectivity index (χ4n) is 5.12. The Kier molecular flexibility index (Phi) is 4.48. The van der Waals surface area contributed by atoms with Crippen LogP contribution in [0.25, 0.3) is 0 Å². The lowest BCUT2D eigenvalue weighted by atomic mass is 10.1. The number of imidazole rings is 1. The lowest BCUT2D eigenvalue weighted by molar-refractivity contribution is -0.138. The van der Waals surface area contributed by atoms with Crippen molar-refractivity contribution in [3.05, 3.63) is 53.6 Å². The van der Waals surface area contributed by atoms with E-state index in [0.29, 0.717) is 13.0 Å². The van der Waals surface area contributed by atoms with E-state index in [1.54, 1.807) is 0 Å². The van der Waals surface area contributed by atoms with Crippen molar-refractivity contribution in [2.24, 2.45) is 0 Å². The Hall–Kier alpha value is -2.18. The third-order valence-corrected chi connectivity index (χ3v) is 6.53. The molecule has 6 nitrogen and oxygen atoms in total. The summed E-state index contributed by atoms with van der Waals surface area (Å²) in [5, 5.41) is 0. The molecule has 1 spiro atoms. The summed E-state index contributed by atoms with van der Waals surface area (Å²) in [7, 11) is 0. The molecule has 148 valence electrons. The fraction of sp³-hybridized carbons (Fsp3) is 0.545. The molecule has 1 N–H and O–H groups in total. The summed E-state index contributed by atoms with van der Waals surface area (Å²) in [5.74, 6) is 1.29. The lowest BCUT2D eigenvalue weighted by Gasteiger charge is -2.32. The van der Waals surface area contributed by atoms with Gasteiger partial charge in [0.15, 0.2) is 5.72 Å². The summed E-state index contributed by atoms with van der Waals surface area (Å²) in [5.41, 5.74) is 1.83. The maximum atomic E-state index is 12.8. The maximum absolute atomic E-state index is 12.8. The smallest absolute Gasteiger partial charge is 0.226 e. The number of nitrogens with one attached hydrogen (secondary N) is 1. The maximum Gasteiger partial charge on any atom is 0.226 e. The number of hydrogen-bond donors (Lipinski definition) is 1.